The first kappa shape index (κ1) is 22.8. The van der Waals surface area contributed by atoms with Gasteiger partial charge in [-0.05, 0) is 54.4 Å². The molecule has 1 aliphatic rings. The smallest absolute Gasteiger partial charge is 0.435 e. The van der Waals surface area contributed by atoms with Crippen molar-refractivity contribution in [2.75, 3.05) is 33.3 Å². The van der Waals surface area contributed by atoms with Crippen molar-refractivity contribution in [1.29, 1.82) is 0 Å². The van der Waals surface area contributed by atoms with E-state index < -0.39 is 11.9 Å². The zero-order valence-electron chi connectivity index (χ0n) is 18.3. The molecule has 2 heterocycles. The Kier molecular flexibility index (Phi) is 6.69. The van der Waals surface area contributed by atoms with Crippen LogP contribution in [0.25, 0.3) is 5.69 Å². The van der Waals surface area contributed by atoms with Crippen molar-refractivity contribution in [3.63, 3.8) is 0 Å². The van der Waals surface area contributed by atoms with Crippen molar-refractivity contribution in [3.8, 4) is 11.4 Å². The molecule has 1 saturated heterocycles. The minimum absolute atomic E-state index is 0.0794. The zero-order valence-corrected chi connectivity index (χ0v) is 18.3. The number of alkyl halides is 3. The minimum atomic E-state index is -4.49. The fourth-order valence-electron chi connectivity index (χ4n) is 3.88. The van der Waals surface area contributed by atoms with Crippen molar-refractivity contribution in [2.24, 2.45) is 0 Å². The summed E-state index contributed by atoms with van der Waals surface area (Å²) in [6.07, 6.45) is -2.37. The molecule has 6 nitrogen and oxygen atoms in total. The van der Waals surface area contributed by atoms with Crippen LogP contribution in [0.3, 0.4) is 0 Å². The fourth-order valence-corrected chi connectivity index (χ4v) is 3.88. The van der Waals surface area contributed by atoms with Crippen molar-refractivity contribution in [3.05, 3.63) is 77.6 Å². The second-order valence-corrected chi connectivity index (χ2v) is 7.96. The summed E-state index contributed by atoms with van der Waals surface area (Å²) in [6.45, 7) is 3.75. The third-order valence-corrected chi connectivity index (χ3v) is 5.70. The van der Waals surface area contributed by atoms with Crippen LogP contribution in [0.2, 0.25) is 0 Å². The number of carbonyl (C=O) groups is 1. The predicted octanol–water partition coefficient (Wildman–Crippen LogP) is 4.25. The molecule has 0 bridgehead atoms. The highest BCUT2D eigenvalue weighted by Gasteiger charge is 2.33. The van der Waals surface area contributed by atoms with Gasteiger partial charge in [-0.3, -0.25) is 9.69 Å². The Morgan fingerprint density at radius 2 is 1.70 bits per heavy atom. The third-order valence-electron chi connectivity index (χ3n) is 5.70. The molecule has 1 aromatic heterocycles. The number of rotatable bonds is 5. The number of ether oxygens (including phenoxy) is 1. The molecule has 2 aromatic carbocycles. The van der Waals surface area contributed by atoms with E-state index in [1.54, 1.807) is 31.4 Å². The van der Waals surface area contributed by atoms with E-state index in [1.165, 1.54) is 11.8 Å². The number of carbonyl (C=O) groups excluding carboxylic acids is 1. The van der Waals surface area contributed by atoms with E-state index in [0.29, 0.717) is 24.3 Å². The van der Waals surface area contributed by atoms with Gasteiger partial charge in [-0.2, -0.15) is 18.3 Å². The molecule has 0 spiro atoms. The monoisotopic (exact) mass is 458 g/mol. The molecule has 1 aliphatic heterocycles. The summed E-state index contributed by atoms with van der Waals surface area (Å²) in [5, 5.41) is 3.56. The molecule has 0 aliphatic carbocycles. The molecule has 3 aromatic rings. The summed E-state index contributed by atoms with van der Waals surface area (Å²) >= 11 is 0. The highest BCUT2D eigenvalue weighted by Crippen LogP contribution is 2.28. The second kappa shape index (κ2) is 9.66. The lowest BCUT2D eigenvalue weighted by molar-refractivity contribution is -0.141. The van der Waals surface area contributed by atoms with Crippen LogP contribution in [-0.4, -0.2) is 58.8 Å². The van der Waals surface area contributed by atoms with E-state index in [9.17, 15) is 18.0 Å². The van der Waals surface area contributed by atoms with Crippen LogP contribution in [0.15, 0.2) is 60.8 Å². The number of hydrogen-bond acceptors (Lipinski definition) is 4. The van der Waals surface area contributed by atoms with Crippen LogP contribution >= 0.6 is 0 Å². The average Bonchev–Trinajstić information content (AvgIpc) is 3.21. The molecular weight excluding hydrogens is 433 g/mol. The van der Waals surface area contributed by atoms with Gasteiger partial charge in [0, 0.05) is 44.5 Å². The Morgan fingerprint density at radius 1 is 0.970 bits per heavy atom. The Morgan fingerprint density at radius 3 is 2.33 bits per heavy atom. The number of nitrogens with zero attached hydrogens (tertiary/aromatic N) is 4. The van der Waals surface area contributed by atoms with E-state index in [-0.39, 0.29) is 5.91 Å². The fraction of sp³-hybridized carbons (Fsp3) is 0.333. The molecule has 0 radical (unpaired) electrons. The molecule has 174 valence electrons. The lowest BCUT2D eigenvalue weighted by Crippen LogP contribution is -2.35. The number of hydrogen-bond donors (Lipinski definition) is 0. The Labute approximate surface area is 190 Å². The summed E-state index contributed by atoms with van der Waals surface area (Å²) in [7, 11) is 1.64. The maximum atomic E-state index is 13.0. The second-order valence-electron chi connectivity index (χ2n) is 7.96. The predicted molar refractivity (Wildman–Crippen MR) is 117 cm³/mol. The highest BCUT2D eigenvalue weighted by atomic mass is 19.4. The van der Waals surface area contributed by atoms with Gasteiger partial charge in [-0.15, -0.1) is 0 Å². The van der Waals surface area contributed by atoms with E-state index in [2.05, 4.69) is 10.00 Å². The quantitative estimate of drug-likeness (QED) is 0.574. The van der Waals surface area contributed by atoms with Gasteiger partial charge in [0.1, 0.15) is 5.75 Å². The minimum Gasteiger partial charge on any atom is -0.497 e. The molecule has 0 N–H and O–H groups in total. The molecule has 33 heavy (non-hydrogen) atoms. The van der Waals surface area contributed by atoms with Gasteiger partial charge >= 0.3 is 6.18 Å². The third kappa shape index (κ3) is 5.54. The van der Waals surface area contributed by atoms with Gasteiger partial charge in [0.2, 0.25) is 0 Å². The van der Waals surface area contributed by atoms with E-state index in [1.807, 2.05) is 29.2 Å². The molecule has 1 fully saturated rings. The van der Waals surface area contributed by atoms with Crippen molar-refractivity contribution >= 4 is 5.91 Å². The van der Waals surface area contributed by atoms with Crippen LogP contribution in [0.1, 0.15) is 28.0 Å². The number of halogens is 3. The molecule has 0 atom stereocenters. The normalized spacial score (nSPS) is 15.3. The van der Waals surface area contributed by atoms with Gasteiger partial charge in [0.25, 0.3) is 5.91 Å². The Balaban J connectivity index is 1.36. The Bertz CT molecular complexity index is 1080. The molecule has 0 saturated carbocycles. The van der Waals surface area contributed by atoms with Gasteiger partial charge in [0.05, 0.1) is 12.8 Å². The average molecular weight is 458 g/mol. The van der Waals surface area contributed by atoms with Crippen LogP contribution in [0, 0.1) is 0 Å². The summed E-state index contributed by atoms with van der Waals surface area (Å²) in [6, 6.07) is 15.4. The van der Waals surface area contributed by atoms with Gasteiger partial charge in [-0.1, -0.05) is 12.1 Å². The standard InChI is InChI=1S/C24H25F3N4O2/c1-33-21-9-3-18(4-10-21)17-29-12-2-13-30(16-15-29)23(32)19-5-7-20(8-6-19)31-14-11-22(28-31)24(25,26)27/h3-11,14H,2,12-13,15-17H2,1H3. The van der Waals surface area contributed by atoms with Gasteiger partial charge in [-0.25, -0.2) is 4.68 Å². The van der Waals surface area contributed by atoms with E-state index >= 15 is 0 Å². The van der Waals surface area contributed by atoms with E-state index in [4.69, 9.17) is 4.74 Å². The van der Waals surface area contributed by atoms with Crippen LogP contribution < -0.4 is 4.74 Å². The van der Waals surface area contributed by atoms with E-state index in [0.717, 1.165) is 42.6 Å². The topological polar surface area (TPSA) is 50.6 Å². The number of aromatic nitrogens is 2. The highest BCUT2D eigenvalue weighted by molar-refractivity contribution is 5.94. The van der Waals surface area contributed by atoms with Crippen molar-refractivity contribution in [1.82, 2.24) is 19.6 Å². The first-order valence-electron chi connectivity index (χ1n) is 10.7. The molecular formula is C24H25F3N4O2. The van der Waals surface area contributed by atoms with Crippen LogP contribution in [0.5, 0.6) is 5.75 Å². The van der Waals surface area contributed by atoms with Gasteiger partial charge < -0.3 is 9.64 Å². The molecule has 1 amide bonds. The van der Waals surface area contributed by atoms with Crippen LogP contribution in [0.4, 0.5) is 13.2 Å². The van der Waals surface area contributed by atoms with Crippen LogP contribution in [-0.2, 0) is 12.7 Å². The summed E-state index contributed by atoms with van der Waals surface area (Å²) in [5.74, 6) is 0.745. The lowest BCUT2D eigenvalue weighted by atomic mass is 10.1. The first-order valence-corrected chi connectivity index (χ1v) is 10.7. The Hall–Kier alpha value is -3.33. The number of benzene rings is 2. The lowest BCUT2D eigenvalue weighted by Gasteiger charge is -2.22. The SMILES string of the molecule is COc1ccc(CN2CCCN(C(=O)c3ccc(-n4ccc(C(F)(F)F)n4)cc3)CC2)cc1. The van der Waals surface area contributed by atoms with Crippen molar-refractivity contribution in [2.45, 2.75) is 19.1 Å². The maximum Gasteiger partial charge on any atom is 0.435 e. The number of amides is 1. The first-order chi connectivity index (χ1) is 15.8. The zero-order chi connectivity index (χ0) is 23.4. The summed E-state index contributed by atoms with van der Waals surface area (Å²) in [5.41, 5.74) is 1.21. The number of methoxy groups -OCH3 is 1. The van der Waals surface area contributed by atoms with Gasteiger partial charge in [0.15, 0.2) is 5.69 Å². The maximum absolute atomic E-state index is 13.0. The molecule has 0 unspecified atom stereocenters. The molecule has 4 rings (SSSR count). The summed E-state index contributed by atoms with van der Waals surface area (Å²) in [4.78, 5) is 17.2. The largest absolute Gasteiger partial charge is 0.497 e. The molecule has 9 heteroatoms. The summed E-state index contributed by atoms with van der Waals surface area (Å²) < 4.78 is 44.7. The van der Waals surface area contributed by atoms with Crippen molar-refractivity contribution < 1.29 is 22.7 Å².